The van der Waals surface area contributed by atoms with Crippen LogP contribution in [0.15, 0.2) is 21.1 Å². The molecule has 2 heteroatoms. The summed E-state index contributed by atoms with van der Waals surface area (Å²) < 4.78 is 2.06. The van der Waals surface area contributed by atoms with E-state index in [0.717, 1.165) is 32.9 Å². The summed E-state index contributed by atoms with van der Waals surface area (Å²) in [5.74, 6) is 13.3. The minimum atomic E-state index is 0.961. The Morgan fingerprint density at radius 3 is 1.46 bits per heavy atom. The summed E-state index contributed by atoms with van der Waals surface area (Å²) in [6.07, 6.45) is 12.0. The minimum absolute atomic E-state index is 0.961. The van der Waals surface area contributed by atoms with E-state index in [1.165, 1.54) is 51.4 Å². The molecule has 0 atom stereocenters. The van der Waals surface area contributed by atoms with Crippen molar-refractivity contribution in [3.8, 4) is 23.7 Å². The third-order valence-electron chi connectivity index (χ3n) is 3.84. The van der Waals surface area contributed by atoms with Crippen LogP contribution in [-0.2, 0) is 0 Å². The quantitative estimate of drug-likeness (QED) is 0.278. The van der Waals surface area contributed by atoms with E-state index in [-0.39, 0.29) is 0 Å². The maximum atomic E-state index is 3.63. The molecule has 0 heterocycles. The van der Waals surface area contributed by atoms with Gasteiger partial charge in [-0.3, -0.25) is 0 Å². The van der Waals surface area contributed by atoms with Crippen molar-refractivity contribution in [1.29, 1.82) is 0 Å². The molecule has 0 saturated heterocycles. The molecule has 0 aromatic heterocycles. The van der Waals surface area contributed by atoms with Crippen LogP contribution < -0.4 is 0 Å². The van der Waals surface area contributed by atoms with Crippen molar-refractivity contribution in [1.82, 2.24) is 0 Å². The van der Waals surface area contributed by atoms with Gasteiger partial charge in [0.05, 0.1) is 11.1 Å². The SMILES string of the molecule is CCCCCCC#Cc1c(Br)ccc(Br)c1C#CCCCCCC. The molecule has 0 radical (unpaired) electrons. The zero-order chi connectivity index (χ0) is 17.6. The summed E-state index contributed by atoms with van der Waals surface area (Å²) in [7, 11) is 0. The highest BCUT2D eigenvalue weighted by molar-refractivity contribution is 9.11. The molecule has 0 N–H and O–H groups in total. The van der Waals surface area contributed by atoms with Crippen molar-refractivity contribution in [2.24, 2.45) is 0 Å². The van der Waals surface area contributed by atoms with Gasteiger partial charge in [0, 0.05) is 21.8 Å². The Kier molecular flexibility index (Phi) is 12.1. The van der Waals surface area contributed by atoms with Crippen LogP contribution in [0.4, 0.5) is 0 Å². The topological polar surface area (TPSA) is 0 Å². The van der Waals surface area contributed by atoms with Gasteiger partial charge in [-0.15, -0.1) is 0 Å². The molecule has 0 saturated carbocycles. The molecule has 0 aliphatic heterocycles. The maximum Gasteiger partial charge on any atom is 0.0555 e. The van der Waals surface area contributed by atoms with E-state index in [9.17, 15) is 0 Å². The average molecular weight is 452 g/mol. The van der Waals surface area contributed by atoms with E-state index in [4.69, 9.17) is 0 Å². The van der Waals surface area contributed by atoms with E-state index in [1.54, 1.807) is 0 Å². The van der Waals surface area contributed by atoms with Crippen LogP contribution in [0.1, 0.15) is 89.2 Å². The standard InChI is InChI=1S/C22H28Br2/c1-3-5-7-9-11-13-15-19-20(22(24)18-17-21(19)23)16-14-12-10-8-6-4-2/h17-18H,3-12H2,1-2H3. The molecule has 1 aromatic carbocycles. The predicted octanol–water partition coefficient (Wildman–Crippen LogP) is 7.86. The van der Waals surface area contributed by atoms with Crippen molar-refractivity contribution < 1.29 is 0 Å². The number of rotatable bonds is 8. The van der Waals surface area contributed by atoms with Crippen LogP contribution in [0, 0.1) is 23.7 Å². The van der Waals surface area contributed by atoms with E-state index in [0.29, 0.717) is 0 Å². The smallest absolute Gasteiger partial charge is 0.0555 e. The van der Waals surface area contributed by atoms with Crippen molar-refractivity contribution in [2.75, 3.05) is 0 Å². The summed E-state index contributed by atoms with van der Waals surface area (Å²) in [6.45, 7) is 4.47. The van der Waals surface area contributed by atoms with Crippen LogP contribution in [0.2, 0.25) is 0 Å². The molecule has 130 valence electrons. The molecular weight excluding hydrogens is 424 g/mol. The summed E-state index contributed by atoms with van der Waals surface area (Å²) in [5.41, 5.74) is 2.03. The fraction of sp³-hybridized carbons (Fsp3) is 0.545. The van der Waals surface area contributed by atoms with Gasteiger partial charge in [0.25, 0.3) is 0 Å². The molecule has 0 aliphatic carbocycles. The first kappa shape index (κ1) is 21.3. The van der Waals surface area contributed by atoms with Gasteiger partial charge in [0.2, 0.25) is 0 Å². The Morgan fingerprint density at radius 1 is 0.667 bits per heavy atom. The Morgan fingerprint density at radius 2 is 1.08 bits per heavy atom. The monoisotopic (exact) mass is 450 g/mol. The van der Waals surface area contributed by atoms with Crippen molar-refractivity contribution in [2.45, 2.75) is 78.1 Å². The minimum Gasteiger partial charge on any atom is -0.0978 e. The highest BCUT2D eigenvalue weighted by Crippen LogP contribution is 2.26. The van der Waals surface area contributed by atoms with E-state index >= 15 is 0 Å². The third-order valence-corrected chi connectivity index (χ3v) is 5.16. The summed E-state index contributed by atoms with van der Waals surface area (Å²) in [6, 6.07) is 4.08. The van der Waals surface area contributed by atoms with Crippen molar-refractivity contribution >= 4 is 31.9 Å². The first-order valence-electron chi connectivity index (χ1n) is 9.16. The zero-order valence-electron chi connectivity index (χ0n) is 15.0. The molecule has 0 unspecified atom stereocenters. The second kappa shape index (κ2) is 13.6. The summed E-state index contributed by atoms with van der Waals surface area (Å²) in [4.78, 5) is 0. The lowest BCUT2D eigenvalue weighted by Crippen LogP contribution is -1.88. The number of hydrogen-bond acceptors (Lipinski definition) is 0. The maximum absolute atomic E-state index is 3.63. The molecule has 0 spiro atoms. The summed E-state index contributed by atoms with van der Waals surface area (Å²) >= 11 is 7.25. The van der Waals surface area contributed by atoms with Gasteiger partial charge in [0.1, 0.15) is 0 Å². The normalized spacial score (nSPS) is 9.83. The number of benzene rings is 1. The highest BCUT2D eigenvalue weighted by Gasteiger charge is 2.06. The van der Waals surface area contributed by atoms with Crippen LogP contribution in [0.25, 0.3) is 0 Å². The van der Waals surface area contributed by atoms with Crippen LogP contribution in [0.5, 0.6) is 0 Å². The van der Waals surface area contributed by atoms with Crippen molar-refractivity contribution in [3.63, 3.8) is 0 Å². The number of unbranched alkanes of at least 4 members (excludes halogenated alkanes) is 8. The van der Waals surface area contributed by atoms with Crippen molar-refractivity contribution in [3.05, 3.63) is 32.2 Å². The Labute approximate surface area is 165 Å². The van der Waals surface area contributed by atoms with E-state index < -0.39 is 0 Å². The Hall–Kier alpha value is -0.700. The molecular formula is C22H28Br2. The molecule has 1 aromatic rings. The third kappa shape index (κ3) is 8.41. The lowest BCUT2D eigenvalue weighted by atomic mass is 10.1. The van der Waals surface area contributed by atoms with Crippen LogP contribution in [-0.4, -0.2) is 0 Å². The molecule has 1 rings (SSSR count). The number of hydrogen-bond donors (Lipinski definition) is 0. The lowest BCUT2D eigenvalue weighted by molar-refractivity contribution is 0.679. The fourth-order valence-corrected chi connectivity index (χ4v) is 3.24. The second-order valence-corrected chi connectivity index (χ2v) is 7.71. The van der Waals surface area contributed by atoms with E-state index in [1.807, 2.05) is 12.1 Å². The first-order valence-corrected chi connectivity index (χ1v) is 10.7. The van der Waals surface area contributed by atoms with Gasteiger partial charge in [-0.05, 0) is 56.8 Å². The van der Waals surface area contributed by atoms with Gasteiger partial charge < -0.3 is 0 Å². The lowest BCUT2D eigenvalue weighted by Gasteiger charge is -2.03. The fourth-order valence-electron chi connectivity index (χ4n) is 2.38. The molecule has 0 nitrogen and oxygen atoms in total. The first-order chi connectivity index (χ1) is 11.7. The zero-order valence-corrected chi connectivity index (χ0v) is 18.2. The van der Waals surface area contributed by atoms with Gasteiger partial charge in [-0.1, -0.05) is 76.1 Å². The van der Waals surface area contributed by atoms with Gasteiger partial charge in [0.15, 0.2) is 0 Å². The average Bonchev–Trinajstić information content (AvgIpc) is 2.58. The Bertz CT molecular complexity index is 554. The van der Waals surface area contributed by atoms with Gasteiger partial charge >= 0.3 is 0 Å². The number of halogens is 2. The Balaban J connectivity index is 2.75. The van der Waals surface area contributed by atoms with Crippen LogP contribution in [0.3, 0.4) is 0 Å². The molecule has 0 fully saturated rings. The molecule has 0 aliphatic rings. The highest BCUT2D eigenvalue weighted by atomic mass is 79.9. The molecule has 0 amide bonds. The predicted molar refractivity (Wildman–Crippen MR) is 113 cm³/mol. The largest absolute Gasteiger partial charge is 0.0978 e. The molecule has 0 bridgehead atoms. The van der Waals surface area contributed by atoms with E-state index in [2.05, 4.69) is 69.4 Å². The van der Waals surface area contributed by atoms with Crippen LogP contribution >= 0.6 is 31.9 Å². The van der Waals surface area contributed by atoms with Gasteiger partial charge in [-0.2, -0.15) is 0 Å². The summed E-state index contributed by atoms with van der Waals surface area (Å²) in [5, 5.41) is 0. The second-order valence-electron chi connectivity index (χ2n) is 6.00. The molecule has 24 heavy (non-hydrogen) atoms. The van der Waals surface area contributed by atoms with Gasteiger partial charge in [-0.25, -0.2) is 0 Å².